The van der Waals surface area contributed by atoms with Gasteiger partial charge in [-0.3, -0.25) is 9.59 Å². The first kappa shape index (κ1) is 23.4. The third-order valence-electron chi connectivity index (χ3n) is 6.63. The van der Waals surface area contributed by atoms with E-state index in [1.807, 2.05) is 66.7 Å². The first-order chi connectivity index (χ1) is 17.4. The van der Waals surface area contributed by atoms with E-state index in [4.69, 9.17) is 9.15 Å². The lowest BCUT2D eigenvalue weighted by molar-refractivity contribution is -0.130. The molecule has 1 unspecified atom stereocenters. The van der Waals surface area contributed by atoms with Crippen LogP contribution in [0.5, 0.6) is 5.75 Å². The minimum atomic E-state index is -0.762. The number of fused-ring (bicyclic) bond motifs is 1. The van der Waals surface area contributed by atoms with Crippen molar-refractivity contribution < 1.29 is 23.8 Å². The molecule has 0 spiro atoms. The normalized spacial score (nSPS) is 15.8. The number of hydrogen-bond donors (Lipinski definition) is 1. The summed E-state index contributed by atoms with van der Waals surface area (Å²) in [4.78, 5) is 28.6. The SMILES string of the molecule is COc1ccc(CN2C(=O)C(O)=C(C(=O)c3cc4ccccc4o3)C2c2ccc(C(C)C)cc2)cc1. The van der Waals surface area contributed by atoms with Crippen LogP contribution in [-0.2, 0) is 11.3 Å². The molecule has 6 heteroatoms. The Morgan fingerprint density at radius 3 is 2.36 bits per heavy atom. The first-order valence-electron chi connectivity index (χ1n) is 11.9. The summed E-state index contributed by atoms with van der Waals surface area (Å²) >= 11 is 0. The summed E-state index contributed by atoms with van der Waals surface area (Å²) in [7, 11) is 1.59. The molecule has 0 fully saturated rings. The summed E-state index contributed by atoms with van der Waals surface area (Å²) in [6.45, 7) is 4.42. The highest BCUT2D eigenvalue weighted by Crippen LogP contribution is 2.41. The van der Waals surface area contributed by atoms with Gasteiger partial charge in [-0.1, -0.05) is 68.4 Å². The molecule has 182 valence electrons. The van der Waals surface area contributed by atoms with Crippen molar-refractivity contribution in [2.24, 2.45) is 0 Å². The molecule has 0 aliphatic carbocycles. The first-order valence-corrected chi connectivity index (χ1v) is 11.9. The monoisotopic (exact) mass is 481 g/mol. The van der Waals surface area contributed by atoms with Crippen LogP contribution in [0.25, 0.3) is 11.0 Å². The number of aliphatic hydroxyl groups excluding tert-OH is 1. The van der Waals surface area contributed by atoms with Crippen molar-refractivity contribution in [2.45, 2.75) is 32.4 Å². The number of furan rings is 1. The van der Waals surface area contributed by atoms with E-state index in [0.29, 0.717) is 17.3 Å². The fourth-order valence-electron chi connectivity index (χ4n) is 4.61. The van der Waals surface area contributed by atoms with Gasteiger partial charge in [-0.15, -0.1) is 0 Å². The van der Waals surface area contributed by atoms with E-state index in [9.17, 15) is 14.7 Å². The molecule has 0 bridgehead atoms. The molecule has 6 nitrogen and oxygen atoms in total. The number of Topliss-reactive ketones (excluding diaryl/α,β-unsaturated/α-hetero) is 1. The van der Waals surface area contributed by atoms with Crippen LogP contribution in [0.2, 0.25) is 0 Å². The van der Waals surface area contributed by atoms with Crippen molar-refractivity contribution >= 4 is 22.7 Å². The van der Waals surface area contributed by atoms with E-state index in [-0.39, 0.29) is 17.9 Å². The van der Waals surface area contributed by atoms with Gasteiger partial charge < -0.3 is 19.2 Å². The van der Waals surface area contributed by atoms with Crippen LogP contribution in [0.1, 0.15) is 53.1 Å². The smallest absolute Gasteiger partial charge is 0.290 e. The van der Waals surface area contributed by atoms with E-state index in [1.54, 1.807) is 19.2 Å². The van der Waals surface area contributed by atoms with Crippen molar-refractivity contribution in [3.63, 3.8) is 0 Å². The summed E-state index contributed by atoms with van der Waals surface area (Å²) < 4.78 is 11.0. The minimum Gasteiger partial charge on any atom is -0.503 e. The van der Waals surface area contributed by atoms with E-state index >= 15 is 0 Å². The highest BCUT2D eigenvalue weighted by Gasteiger charge is 2.44. The molecular formula is C30H27NO5. The Morgan fingerprint density at radius 2 is 1.72 bits per heavy atom. The van der Waals surface area contributed by atoms with E-state index in [1.165, 1.54) is 4.90 Å². The van der Waals surface area contributed by atoms with Crippen LogP contribution in [0.3, 0.4) is 0 Å². The maximum absolute atomic E-state index is 13.7. The van der Waals surface area contributed by atoms with Crippen molar-refractivity contribution in [1.82, 2.24) is 4.90 Å². The molecule has 0 saturated heterocycles. The molecule has 1 amide bonds. The molecule has 1 aliphatic rings. The van der Waals surface area contributed by atoms with Crippen LogP contribution in [0, 0.1) is 0 Å². The highest BCUT2D eigenvalue weighted by atomic mass is 16.5. The van der Waals surface area contributed by atoms with Crippen molar-refractivity contribution in [3.8, 4) is 5.75 Å². The largest absolute Gasteiger partial charge is 0.503 e. The van der Waals surface area contributed by atoms with Crippen LogP contribution >= 0.6 is 0 Å². The Labute approximate surface area is 209 Å². The predicted molar refractivity (Wildman–Crippen MR) is 137 cm³/mol. The molecule has 0 saturated carbocycles. The van der Waals surface area contributed by atoms with Gasteiger partial charge in [0, 0.05) is 11.9 Å². The summed E-state index contributed by atoms with van der Waals surface area (Å²) in [5.41, 5.74) is 3.31. The maximum Gasteiger partial charge on any atom is 0.290 e. The van der Waals surface area contributed by atoms with Gasteiger partial charge in [0.2, 0.25) is 5.78 Å². The van der Waals surface area contributed by atoms with Gasteiger partial charge in [-0.2, -0.15) is 0 Å². The molecular weight excluding hydrogens is 454 g/mol. The number of ether oxygens (including phenoxy) is 1. The lowest BCUT2D eigenvalue weighted by Crippen LogP contribution is -2.30. The summed E-state index contributed by atoms with van der Waals surface area (Å²) in [5, 5.41) is 11.8. The molecule has 1 aromatic heterocycles. The van der Waals surface area contributed by atoms with Crippen molar-refractivity contribution in [2.75, 3.05) is 7.11 Å². The Kier molecular flexibility index (Phi) is 6.10. The van der Waals surface area contributed by atoms with E-state index in [2.05, 4.69) is 13.8 Å². The summed E-state index contributed by atoms with van der Waals surface area (Å²) in [5.74, 6) is -0.530. The van der Waals surface area contributed by atoms with E-state index < -0.39 is 23.5 Å². The Hall–Kier alpha value is -4.32. The van der Waals surface area contributed by atoms with Crippen molar-refractivity contribution in [1.29, 1.82) is 0 Å². The van der Waals surface area contributed by atoms with Crippen molar-refractivity contribution in [3.05, 3.63) is 113 Å². The second-order valence-electron chi connectivity index (χ2n) is 9.24. The zero-order valence-electron chi connectivity index (χ0n) is 20.4. The fourth-order valence-corrected chi connectivity index (χ4v) is 4.61. The average Bonchev–Trinajstić information content (AvgIpc) is 3.44. The number of carbonyl (C=O) groups is 2. The number of carbonyl (C=O) groups excluding carboxylic acids is 2. The van der Waals surface area contributed by atoms with Gasteiger partial charge in [0.15, 0.2) is 11.5 Å². The van der Waals surface area contributed by atoms with Gasteiger partial charge in [0.05, 0.1) is 18.7 Å². The van der Waals surface area contributed by atoms with Crippen LogP contribution in [-0.4, -0.2) is 28.8 Å². The number of nitrogens with zero attached hydrogens (tertiary/aromatic N) is 1. The Balaban J connectivity index is 1.57. The maximum atomic E-state index is 13.7. The van der Waals surface area contributed by atoms with Gasteiger partial charge in [-0.25, -0.2) is 0 Å². The molecule has 2 heterocycles. The topological polar surface area (TPSA) is 80.0 Å². The molecule has 3 aromatic carbocycles. The fraction of sp³-hybridized carbons (Fsp3) is 0.200. The van der Waals surface area contributed by atoms with Gasteiger partial charge in [-0.05, 0) is 46.9 Å². The zero-order valence-corrected chi connectivity index (χ0v) is 20.4. The number of amides is 1. The molecule has 1 atom stereocenters. The number of ketones is 1. The highest BCUT2D eigenvalue weighted by molar-refractivity contribution is 6.16. The lowest BCUT2D eigenvalue weighted by Gasteiger charge is -2.27. The standard InChI is InChI=1S/C30H27NO5/c1-18(2)20-10-12-21(13-11-20)27-26(28(32)25-16-22-6-4-5-7-24(22)36-25)29(33)30(34)31(27)17-19-8-14-23(35-3)15-9-19/h4-16,18,27,33H,17H2,1-3H3. The van der Waals surface area contributed by atoms with Gasteiger partial charge in [0.1, 0.15) is 11.3 Å². The van der Waals surface area contributed by atoms with Crippen LogP contribution in [0.15, 0.2) is 94.6 Å². The third-order valence-corrected chi connectivity index (χ3v) is 6.63. The van der Waals surface area contributed by atoms with E-state index in [0.717, 1.165) is 22.1 Å². The number of benzene rings is 3. The number of hydrogen-bond acceptors (Lipinski definition) is 5. The number of para-hydroxylation sites is 1. The second-order valence-corrected chi connectivity index (χ2v) is 9.24. The van der Waals surface area contributed by atoms with Gasteiger partial charge in [0.25, 0.3) is 5.91 Å². The molecule has 1 N–H and O–H groups in total. The lowest BCUT2D eigenvalue weighted by atomic mass is 9.92. The third kappa shape index (κ3) is 4.15. The summed E-state index contributed by atoms with van der Waals surface area (Å²) in [6.07, 6.45) is 0. The quantitative estimate of drug-likeness (QED) is 0.312. The van der Waals surface area contributed by atoms with Gasteiger partial charge >= 0.3 is 0 Å². The predicted octanol–water partition coefficient (Wildman–Crippen LogP) is 6.34. The molecule has 1 aliphatic heterocycles. The average molecular weight is 482 g/mol. The van der Waals surface area contributed by atoms with Crippen LogP contribution in [0.4, 0.5) is 0 Å². The minimum absolute atomic E-state index is 0.0184. The Bertz CT molecular complexity index is 1430. The van der Waals surface area contributed by atoms with Crippen LogP contribution < -0.4 is 4.74 Å². The second kappa shape index (κ2) is 9.38. The molecule has 36 heavy (non-hydrogen) atoms. The number of rotatable bonds is 7. The summed E-state index contributed by atoms with van der Waals surface area (Å²) in [6, 6.07) is 23.4. The molecule has 5 rings (SSSR count). The molecule has 0 radical (unpaired) electrons. The number of methoxy groups -OCH3 is 1. The Morgan fingerprint density at radius 1 is 1.03 bits per heavy atom. The zero-order chi connectivity index (χ0) is 25.4. The molecule has 4 aromatic rings. The number of aliphatic hydroxyl groups is 1.